The van der Waals surface area contributed by atoms with Crippen molar-refractivity contribution in [2.75, 3.05) is 13.1 Å². The molecule has 1 saturated heterocycles. The summed E-state index contributed by atoms with van der Waals surface area (Å²) >= 11 is 0. The number of halogens is 1. The molecule has 20 heavy (non-hydrogen) atoms. The molecule has 112 valence electrons. The van der Waals surface area contributed by atoms with Crippen molar-refractivity contribution < 1.29 is 4.79 Å². The standard InChI is InChI=1S/C16H24N2O.ClH/c1-12-3-4-14(13(2)11-12)5-6-16(19)18-9-7-15(17)8-10-18;/h3-4,11,15H,5-10,17H2,1-2H3;1H. The first-order valence-electron chi connectivity index (χ1n) is 7.16. The van der Waals surface area contributed by atoms with Gasteiger partial charge in [-0.15, -0.1) is 12.4 Å². The molecule has 0 unspecified atom stereocenters. The second-order valence-electron chi connectivity index (χ2n) is 5.65. The van der Waals surface area contributed by atoms with E-state index in [1.807, 2.05) is 4.90 Å². The van der Waals surface area contributed by atoms with Gasteiger partial charge in [0, 0.05) is 25.6 Å². The van der Waals surface area contributed by atoms with Crippen LogP contribution in [0.4, 0.5) is 0 Å². The monoisotopic (exact) mass is 296 g/mol. The number of amides is 1. The summed E-state index contributed by atoms with van der Waals surface area (Å²) in [6.07, 6.45) is 3.33. The predicted molar refractivity (Wildman–Crippen MR) is 85.3 cm³/mol. The van der Waals surface area contributed by atoms with Crippen LogP contribution in [0, 0.1) is 13.8 Å². The van der Waals surface area contributed by atoms with Gasteiger partial charge in [0.25, 0.3) is 0 Å². The average Bonchev–Trinajstić information content (AvgIpc) is 2.38. The Hall–Kier alpha value is -1.06. The number of rotatable bonds is 3. The van der Waals surface area contributed by atoms with Crippen LogP contribution >= 0.6 is 12.4 Å². The molecule has 4 heteroatoms. The second-order valence-corrected chi connectivity index (χ2v) is 5.65. The normalized spacial score (nSPS) is 15.8. The van der Waals surface area contributed by atoms with Gasteiger partial charge in [-0.3, -0.25) is 4.79 Å². The van der Waals surface area contributed by atoms with E-state index in [9.17, 15) is 4.79 Å². The van der Waals surface area contributed by atoms with Crippen LogP contribution in [0.25, 0.3) is 0 Å². The second kappa shape index (κ2) is 7.65. The van der Waals surface area contributed by atoms with Crippen LogP contribution in [-0.2, 0) is 11.2 Å². The maximum atomic E-state index is 12.1. The third kappa shape index (κ3) is 4.50. The fraction of sp³-hybridized carbons (Fsp3) is 0.562. The summed E-state index contributed by atoms with van der Waals surface area (Å²) in [7, 11) is 0. The molecule has 1 aromatic rings. The molecule has 1 aromatic carbocycles. The number of likely N-dealkylation sites (tertiary alicyclic amines) is 1. The van der Waals surface area contributed by atoms with Crippen molar-refractivity contribution in [3.05, 3.63) is 34.9 Å². The van der Waals surface area contributed by atoms with Crippen molar-refractivity contribution in [2.24, 2.45) is 5.73 Å². The van der Waals surface area contributed by atoms with Gasteiger partial charge in [-0.05, 0) is 44.2 Å². The van der Waals surface area contributed by atoms with Gasteiger partial charge in [0.1, 0.15) is 0 Å². The lowest BCUT2D eigenvalue weighted by molar-refractivity contribution is -0.132. The third-order valence-electron chi connectivity index (χ3n) is 4.00. The highest BCUT2D eigenvalue weighted by atomic mass is 35.5. The van der Waals surface area contributed by atoms with Crippen molar-refractivity contribution in [1.82, 2.24) is 4.90 Å². The Morgan fingerprint density at radius 2 is 1.95 bits per heavy atom. The molecule has 0 saturated carbocycles. The van der Waals surface area contributed by atoms with E-state index in [0.29, 0.717) is 6.42 Å². The molecule has 0 bridgehead atoms. The van der Waals surface area contributed by atoms with E-state index >= 15 is 0 Å². The molecule has 0 spiro atoms. The van der Waals surface area contributed by atoms with Gasteiger partial charge in [-0.2, -0.15) is 0 Å². The lowest BCUT2D eigenvalue weighted by Crippen LogP contribution is -2.42. The quantitative estimate of drug-likeness (QED) is 0.932. The number of aryl methyl sites for hydroxylation is 3. The lowest BCUT2D eigenvalue weighted by Gasteiger charge is -2.30. The molecule has 3 nitrogen and oxygen atoms in total. The zero-order chi connectivity index (χ0) is 13.8. The molecule has 2 N–H and O–H groups in total. The number of nitrogens with two attached hydrogens (primary N) is 1. The fourth-order valence-corrected chi connectivity index (χ4v) is 2.67. The Morgan fingerprint density at radius 1 is 1.30 bits per heavy atom. The molecule has 0 atom stereocenters. The van der Waals surface area contributed by atoms with Gasteiger partial charge in [0.15, 0.2) is 0 Å². The number of hydrogen-bond acceptors (Lipinski definition) is 2. The van der Waals surface area contributed by atoms with E-state index < -0.39 is 0 Å². The maximum Gasteiger partial charge on any atom is 0.222 e. The van der Waals surface area contributed by atoms with E-state index in [4.69, 9.17) is 5.73 Å². The van der Waals surface area contributed by atoms with E-state index in [0.717, 1.165) is 32.4 Å². The lowest BCUT2D eigenvalue weighted by atomic mass is 10.0. The Morgan fingerprint density at radius 3 is 2.55 bits per heavy atom. The summed E-state index contributed by atoms with van der Waals surface area (Å²) < 4.78 is 0. The molecule has 0 radical (unpaired) electrons. The van der Waals surface area contributed by atoms with Gasteiger partial charge in [-0.1, -0.05) is 23.8 Å². The number of carbonyl (C=O) groups excluding carboxylic acids is 1. The summed E-state index contributed by atoms with van der Waals surface area (Å²) in [5, 5.41) is 0. The Labute approximate surface area is 127 Å². The first-order valence-corrected chi connectivity index (χ1v) is 7.16. The highest BCUT2D eigenvalue weighted by Crippen LogP contribution is 2.15. The average molecular weight is 297 g/mol. The van der Waals surface area contributed by atoms with E-state index in [-0.39, 0.29) is 24.4 Å². The summed E-state index contributed by atoms with van der Waals surface area (Å²) in [4.78, 5) is 14.1. The van der Waals surface area contributed by atoms with E-state index in [2.05, 4.69) is 32.0 Å². The smallest absolute Gasteiger partial charge is 0.222 e. The summed E-state index contributed by atoms with van der Waals surface area (Å²) in [6.45, 7) is 5.87. The summed E-state index contributed by atoms with van der Waals surface area (Å²) in [5.41, 5.74) is 9.70. The zero-order valence-electron chi connectivity index (χ0n) is 12.4. The van der Waals surface area contributed by atoms with Crippen molar-refractivity contribution in [3.8, 4) is 0 Å². The molecule has 1 aliphatic heterocycles. The molecule has 1 amide bonds. The van der Waals surface area contributed by atoms with Gasteiger partial charge in [-0.25, -0.2) is 0 Å². The van der Waals surface area contributed by atoms with Crippen LogP contribution in [-0.4, -0.2) is 29.9 Å². The largest absolute Gasteiger partial charge is 0.343 e. The Kier molecular flexibility index (Phi) is 6.50. The predicted octanol–water partition coefficient (Wildman–Crippen LogP) is 2.61. The van der Waals surface area contributed by atoms with Crippen LogP contribution in [0.5, 0.6) is 0 Å². The molecule has 2 rings (SSSR count). The minimum atomic E-state index is 0. The van der Waals surface area contributed by atoms with Gasteiger partial charge in [0.2, 0.25) is 5.91 Å². The molecule has 0 aromatic heterocycles. The number of nitrogens with zero attached hydrogens (tertiary/aromatic N) is 1. The first kappa shape index (κ1) is 17.0. The fourth-order valence-electron chi connectivity index (χ4n) is 2.67. The highest BCUT2D eigenvalue weighted by Gasteiger charge is 2.20. The number of carbonyl (C=O) groups is 1. The van der Waals surface area contributed by atoms with Gasteiger partial charge < -0.3 is 10.6 Å². The summed E-state index contributed by atoms with van der Waals surface area (Å²) in [6, 6.07) is 6.72. The van der Waals surface area contributed by atoms with Crippen LogP contribution < -0.4 is 5.73 Å². The van der Waals surface area contributed by atoms with Crippen molar-refractivity contribution in [2.45, 2.75) is 45.6 Å². The minimum absolute atomic E-state index is 0. The maximum absolute atomic E-state index is 12.1. The van der Waals surface area contributed by atoms with Crippen molar-refractivity contribution in [3.63, 3.8) is 0 Å². The zero-order valence-corrected chi connectivity index (χ0v) is 13.2. The van der Waals surface area contributed by atoms with Gasteiger partial charge in [0.05, 0.1) is 0 Å². The molecule has 1 aliphatic rings. The molecule has 0 aliphatic carbocycles. The molecule has 1 fully saturated rings. The highest BCUT2D eigenvalue weighted by molar-refractivity contribution is 5.85. The van der Waals surface area contributed by atoms with Crippen molar-refractivity contribution in [1.29, 1.82) is 0 Å². The Balaban J connectivity index is 0.00000200. The molecule has 1 heterocycles. The summed E-state index contributed by atoms with van der Waals surface area (Å²) in [5.74, 6) is 0.270. The van der Waals surface area contributed by atoms with Crippen LogP contribution in [0.1, 0.15) is 36.0 Å². The Bertz CT molecular complexity index is 454. The minimum Gasteiger partial charge on any atom is -0.343 e. The molecular formula is C16H25ClN2O. The number of benzene rings is 1. The molecular weight excluding hydrogens is 272 g/mol. The first-order chi connectivity index (χ1) is 9.06. The van der Waals surface area contributed by atoms with Crippen molar-refractivity contribution >= 4 is 18.3 Å². The van der Waals surface area contributed by atoms with E-state index in [1.54, 1.807) is 0 Å². The number of piperidine rings is 1. The van der Waals surface area contributed by atoms with E-state index in [1.165, 1.54) is 16.7 Å². The number of hydrogen-bond donors (Lipinski definition) is 1. The third-order valence-corrected chi connectivity index (χ3v) is 4.00. The van der Waals surface area contributed by atoms with Gasteiger partial charge >= 0.3 is 0 Å². The SMILES string of the molecule is Cc1ccc(CCC(=O)N2CCC(N)CC2)c(C)c1.Cl. The van der Waals surface area contributed by atoms with Crippen LogP contribution in [0.2, 0.25) is 0 Å². The topological polar surface area (TPSA) is 46.3 Å². The van der Waals surface area contributed by atoms with Crippen LogP contribution in [0.15, 0.2) is 18.2 Å². The van der Waals surface area contributed by atoms with Crippen LogP contribution in [0.3, 0.4) is 0 Å².